The van der Waals surface area contributed by atoms with Gasteiger partial charge in [-0.05, 0) is 61.4 Å². The highest BCUT2D eigenvalue weighted by atomic mass is 16.5. The van der Waals surface area contributed by atoms with E-state index in [1.807, 2.05) is 48.0 Å². The number of carbonyl (C=O) groups excluding carboxylic acids is 2. The van der Waals surface area contributed by atoms with Crippen LogP contribution in [0.25, 0.3) is 27.9 Å². The molecule has 9 nitrogen and oxygen atoms in total. The van der Waals surface area contributed by atoms with E-state index in [-0.39, 0.29) is 11.7 Å². The highest BCUT2D eigenvalue weighted by Crippen LogP contribution is 2.50. The van der Waals surface area contributed by atoms with Crippen molar-refractivity contribution in [2.24, 2.45) is 12.5 Å². The van der Waals surface area contributed by atoms with E-state index in [2.05, 4.69) is 32.9 Å². The number of fused-ring (bicyclic) bond motifs is 2. The normalized spacial score (nSPS) is 18.1. The molecule has 202 valence electrons. The Bertz CT molecular complexity index is 1750. The van der Waals surface area contributed by atoms with Gasteiger partial charge in [0.05, 0.1) is 18.2 Å². The monoisotopic (exact) mass is 534 g/mol. The van der Waals surface area contributed by atoms with Gasteiger partial charge >= 0.3 is 0 Å². The van der Waals surface area contributed by atoms with Gasteiger partial charge in [-0.1, -0.05) is 30.9 Å². The molecule has 2 aliphatic carbocycles. The van der Waals surface area contributed by atoms with E-state index in [4.69, 9.17) is 10.5 Å². The fourth-order valence-corrected chi connectivity index (χ4v) is 5.98. The second-order valence-corrected chi connectivity index (χ2v) is 10.6. The number of anilines is 2. The molecule has 0 saturated heterocycles. The number of nitrogens with zero attached hydrogens (tertiary/aromatic N) is 4. The van der Waals surface area contributed by atoms with Gasteiger partial charge in [0.15, 0.2) is 5.78 Å². The highest BCUT2D eigenvalue weighted by molar-refractivity contribution is 6.07. The summed E-state index contributed by atoms with van der Waals surface area (Å²) >= 11 is 0. The Morgan fingerprint density at radius 2 is 1.95 bits per heavy atom. The van der Waals surface area contributed by atoms with Gasteiger partial charge in [0, 0.05) is 35.4 Å². The number of benzene rings is 1. The lowest BCUT2D eigenvalue weighted by atomic mass is 9.71. The average Bonchev–Trinajstić information content (AvgIpc) is 3.40. The number of aryl methyl sites for hydroxylation is 1. The molecular weight excluding hydrogens is 504 g/mol. The number of aromatic nitrogens is 4. The van der Waals surface area contributed by atoms with Crippen LogP contribution in [0.15, 0.2) is 61.0 Å². The first kappa shape index (κ1) is 25.5. The van der Waals surface area contributed by atoms with E-state index in [0.717, 1.165) is 39.0 Å². The van der Waals surface area contributed by atoms with E-state index in [0.29, 0.717) is 54.3 Å². The number of nitrogens with two attached hydrogens (primary N) is 1. The molecule has 0 radical (unpaired) electrons. The summed E-state index contributed by atoms with van der Waals surface area (Å²) in [7, 11) is 3.52. The van der Waals surface area contributed by atoms with Gasteiger partial charge in [0.2, 0.25) is 5.88 Å². The minimum atomic E-state index is -0.499. The van der Waals surface area contributed by atoms with Gasteiger partial charge in [-0.3, -0.25) is 9.59 Å². The minimum absolute atomic E-state index is 0.0880. The summed E-state index contributed by atoms with van der Waals surface area (Å²) in [6.07, 6.45) is 6.33. The van der Waals surface area contributed by atoms with Crippen molar-refractivity contribution >= 4 is 39.8 Å². The first-order chi connectivity index (χ1) is 19.2. The van der Waals surface area contributed by atoms with Crippen LogP contribution in [0, 0.1) is 5.41 Å². The zero-order valence-electron chi connectivity index (χ0n) is 22.7. The maximum atomic E-state index is 13.6. The SMILES string of the molecule is C=C(C)C(=O)Nc1ccc(-c2c(C3=CC[C@]4(CC3)Cc3ccc(OC)nc3C4=O)c3c(N)ncnc3n2C)cc1. The maximum absolute atomic E-state index is 13.6. The molecular formula is C31H30N6O3. The molecule has 3 aromatic heterocycles. The molecule has 1 spiro atoms. The number of rotatable bonds is 5. The summed E-state index contributed by atoms with van der Waals surface area (Å²) < 4.78 is 7.29. The van der Waals surface area contributed by atoms with Crippen LogP contribution in [0.4, 0.5) is 11.5 Å². The van der Waals surface area contributed by atoms with Crippen molar-refractivity contribution in [1.29, 1.82) is 0 Å². The van der Waals surface area contributed by atoms with Crippen molar-refractivity contribution in [1.82, 2.24) is 19.5 Å². The summed E-state index contributed by atoms with van der Waals surface area (Å²) in [4.78, 5) is 39.0. The third kappa shape index (κ3) is 3.97. The summed E-state index contributed by atoms with van der Waals surface area (Å²) in [5.74, 6) is 0.732. The zero-order chi connectivity index (χ0) is 28.2. The molecule has 40 heavy (non-hydrogen) atoms. The Balaban J connectivity index is 1.40. The third-order valence-corrected chi connectivity index (χ3v) is 8.12. The van der Waals surface area contributed by atoms with E-state index in [1.165, 1.54) is 6.33 Å². The number of allylic oxidation sites excluding steroid dienone is 2. The number of hydrogen-bond acceptors (Lipinski definition) is 7. The van der Waals surface area contributed by atoms with E-state index in [9.17, 15) is 9.59 Å². The minimum Gasteiger partial charge on any atom is -0.481 e. The second-order valence-electron chi connectivity index (χ2n) is 10.6. The number of nitrogens with one attached hydrogen (secondary N) is 1. The van der Waals surface area contributed by atoms with Crippen molar-refractivity contribution in [3.63, 3.8) is 0 Å². The van der Waals surface area contributed by atoms with Crippen molar-refractivity contribution in [3.8, 4) is 17.1 Å². The Hall–Kier alpha value is -4.79. The second kappa shape index (κ2) is 9.44. The average molecular weight is 535 g/mol. The van der Waals surface area contributed by atoms with Gasteiger partial charge in [0.25, 0.3) is 5.91 Å². The van der Waals surface area contributed by atoms with Crippen molar-refractivity contribution in [3.05, 3.63) is 77.8 Å². The molecule has 3 N–H and O–H groups in total. The van der Waals surface area contributed by atoms with Crippen LogP contribution in [0.5, 0.6) is 5.88 Å². The lowest BCUT2D eigenvalue weighted by Crippen LogP contribution is -2.30. The van der Waals surface area contributed by atoms with Crippen LogP contribution in [0.2, 0.25) is 0 Å². The molecule has 0 saturated carbocycles. The number of ether oxygens (including phenoxy) is 1. The predicted molar refractivity (Wildman–Crippen MR) is 155 cm³/mol. The van der Waals surface area contributed by atoms with Crippen LogP contribution in [-0.2, 0) is 18.3 Å². The first-order valence-electron chi connectivity index (χ1n) is 13.2. The van der Waals surface area contributed by atoms with Gasteiger partial charge < -0.3 is 20.4 Å². The Labute approximate surface area is 231 Å². The van der Waals surface area contributed by atoms with Crippen LogP contribution >= 0.6 is 0 Å². The fraction of sp³-hybridized carbons (Fsp3) is 0.258. The van der Waals surface area contributed by atoms with E-state index >= 15 is 0 Å². The van der Waals surface area contributed by atoms with Gasteiger partial charge in [0.1, 0.15) is 23.5 Å². The van der Waals surface area contributed by atoms with E-state index < -0.39 is 5.41 Å². The van der Waals surface area contributed by atoms with Crippen LogP contribution in [0.3, 0.4) is 0 Å². The number of ketones is 1. The van der Waals surface area contributed by atoms with E-state index in [1.54, 1.807) is 14.0 Å². The third-order valence-electron chi connectivity index (χ3n) is 8.12. The summed E-state index contributed by atoms with van der Waals surface area (Å²) in [6, 6.07) is 11.4. The molecule has 0 unspecified atom stereocenters. The molecule has 6 rings (SSSR count). The number of nitrogen functional groups attached to an aromatic ring is 1. The number of amides is 1. The van der Waals surface area contributed by atoms with Crippen molar-refractivity contribution in [2.45, 2.75) is 32.6 Å². The largest absolute Gasteiger partial charge is 0.481 e. The molecule has 1 aromatic carbocycles. The summed E-state index contributed by atoms with van der Waals surface area (Å²) in [5.41, 5.74) is 13.3. The maximum Gasteiger partial charge on any atom is 0.250 e. The molecule has 2 aliphatic rings. The number of carbonyl (C=O) groups is 2. The number of methoxy groups -OCH3 is 1. The van der Waals surface area contributed by atoms with Gasteiger partial charge in [-0.2, -0.15) is 0 Å². The lowest BCUT2D eigenvalue weighted by molar-refractivity contribution is -0.112. The smallest absolute Gasteiger partial charge is 0.250 e. The molecule has 1 atom stereocenters. The predicted octanol–water partition coefficient (Wildman–Crippen LogP) is 5.13. The standard InChI is InChI=1S/C31H30N6O3/c1-17(2)30(39)35-21-8-5-19(6-9-21)26-23(24-28(32)33-16-34-29(24)37(26)3)18-11-13-31(14-12-18)15-20-7-10-22(40-4)36-25(20)27(31)38/h5-11,16H,1,12-15H2,2-4H3,(H,35,39)(H2,32,33,34)/t31-/m0/s1. The molecule has 0 aliphatic heterocycles. The quantitative estimate of drug-likeness (QED) is 0.340. The topological polar surface area (TPSA) is 125 Å². The van der Waals surface area contributed by atoms with Crippen LogP contribution in [0.1, 0.15) is 47.8 Å². The fourth-order valence-electron chi connectivity index (χ4n) is 5.98. The zero-order valence-corrected chi connectivity index (χ0v) is 22.7. The first-order valence-corrected chi connectivity index (χ1v) is 13.2. The number of hydrogen-bond donors (Lipinski definition) is 2. The molecule has 4 aromatic rings. The molecule has 0 bridgehead atoms. The van der Waals surface area contributed by atoms with Gasteiger partial charge in [-0.15, -0.1) is 0 Å². The Kier molecular flexibility index (Phi) is 6.02. The highest BCUT2D eigenvalue weighted by Gasteiger charge is 2.47. The molecule has 3 heterocycles. The van der Waals surface area contributed by atoms with Crippen molar-refractivity contribution < 1.29 is 14.3 Å². The summed E-state index contributed by atoms with van der Waals surface area (Å²) in [5, 5.41) is 3.65. The van der Waals surface area contributed by atoms with Crippen molar-refractivity contribution in [2.75, 3.05) is 18.2 Å². The number of pyridine rings is 1. The molecule has 0 fully saturated rings. The summed E-state index contributed by atoms with van der Waals surface area (Å²) in [6.45, 7) is 5.37. The van der Waals surface area contributed by atoms with Crippen LogP contribution in [-0.4, -0.2) is 38.3 Å². The molecule has 9 heteroatoms. The van der Waals surface area contributed by atoms with Crippen LogP contribution < -0.4 is 15.8 Å². The van der Waals surface area contributed by atoms with Gasteiger partial charge in [-0.25, -0.2) is 15.0 Å². The Morgan fingerprint density at radius 1 is 1.18 bits per heavy atom. The molecule has 1 amide bonds. The lowest BCUT2D eigenvalue weighted by Gasteiger charge is -2.31. The number of Topliss-reactive ketones (excluding diaryl/α,β-unsaturated/α-hetero) is 1. The Morgan fingerprint density at radius 3 is 2.62 bits per heavy atom.